The highest BCUT2D eigenvalue weighted by Crippen LogP contribution is 2.16. The molecule has 0 atom stereocenters. The maximum atomic E-state index is 11.1. The molecule has 0 spiro atoms. The molecule has 1 N–H and O–H groups in total. The average Bonchev–Trinajstić information content (AvgIpc) is 2.59. The van der Waals surface area contributed by atoms with E-state index in [1.54, 1.807) is 6.21 Å². The zero-order valence-electron chi connectivity index (χ0n) is 13.7. The van der Waals surface area contributed by atoms with Gasteiger partial charge in [0.1, 0.15) is 11.4 Å². The fourth-order valence-electron chi connectivity index (χ4n) is 2.01. The monoisotopic (exact) mass is 327 g/mol. The Bertz CT molecular complexity index is 679. The molecule has 126 valence electrons. The number of benzene rings is 1. The number of para-hydroxylation sites is 1. The number of carbonyl (C=O) groups is 1. The molecular weight excluding hydrogens is 306 g/mol. The Balaban J connectivity index is 1.98. The smallest absolute Gasteiger partial charge is 0.365 e. The molecule has 1 aromatic carbocycles. The molecule has 1 heterocycles. The Morgan fingerprint density at radius 2 is 2.08 bits per heavy atom. The second-order valence-electron chi connectivity index (χ2n) is 5.22. The fourth-order valence-corrected chi connectivity index (χ4v) is 2.01. The van der Waals surface area contributed by atoms with E-state index in [-0.39, 0.29) is 11.5 Å². The minimum atomic E-state index is -0.591. The summed E-state index contributed by atoms with van der Waals surface area (Å²) >= 11 is 0. The number of azo groups is 1. The van der Waals surface area contributed by atoms with Gasteiger partial charge in [-0.05, 0) is 18.6 Å². The molecule has 0 aromatic heterocycles. The van der Waals surface area contributed by atoms with Crippen molar-refractivity contribution in [2.75, 3.05) is 6.61 Å². The molecule has 1 aromatic rings. The van der Waals surface area contributed by atoms with Crippen LogP contribution in [0.2, 0.25) is 0 Å². The van der Waals surface area contributed by atoms with Crippen LogP contribution >= 0.6 is 0 Å². The van der Waals surface area contributed by atoms with Gasteiger partial charge in [0.05, 0.1) is 12.8 Å². The largest absolute Gasteiger partial charge is 0.493 e. The van der Waals surface area contributed by atoms with E-state index < -0.39 is 6.03 Å². The van der Waals surface area contributed by atoms with Crippen LogP contribution in [0, 0.1) is 0 Å². The number of hydrogen-bond acceptors (Lipinski definition) is 5. The van der Waals surface area contributed by atoms with E-state index in [9.17, 15) is 4.79 Å². The van der Waals surface area contributed by atoms with E-state index in [0.717, 1.165) is 24.2 Å². The number of nitrogens with zero attached hydrogens (tertiary/aromatic N) is 4. The van der Waals surface area contributed by atoms with Crippen LogP contribution < -0.4 is 10.1 Å². The second kappa shape index (κ2) is 9.34. The zero-order chi connectivity index (χ0) is 17.2. The minimum absolute atomic E-state index is 0.184. The highest BCUT2D eigenvalue weighted by Gasteiger charge is 2.14. The summed E-state index contributed by atoms with van der Waals surface area (Å²) < 4.78 is 5.80. The van der Waals surface area contributed by atoms with E-state index in [2.05, 4.69) is 39.3 Å². The summed E-state index contributed by atoms with van der Waals surface area (Å²) in [5.41, 5.74) is 1.07. The first-order valence-electron chi connectivity index (χ1n) is 7.95. The quantitative estimate of drug-likeness (QED) is 0.443. The molecule has 7 heteroatoms. The highest BCUT2D eigenvalue weighted by molar-refractivity contribution is 6.08. The van der Waals surface area contributed by atoms with Crippen LogP contribution in [0.4, 0.5) is 4.79 Å². The third-order valence-electron chi connectivity index (χ3n) is 3.29. The molecule has 0 radical (unpaired) electrons. The SMILES string of the molecule is C=C1N=NC(=O)N/C1=N\N=C\c1ccccc1OCCCCCC. The van der Waals surface area contributed by atoms with Crippen molar-refractivity contribution in [3.8, 4) is 5.75 Å². The Labute approximate surface area is 141 Å². The molecule has 1 aliphatic rings. The lowest BCUT2D eigenvalue weighted by Gasteiger charge is -2.08. The van der Waals surface area contributed by atoms with Crippen LogP contribution in [-0.2, 0) is 0 Å². The van der Waals surface area contributed by atoms with Gasteiger partial charge >= 0.3 is 6.03 Å². The number of urea groups is 1. The molecule has 7 nitrogen and oxygen atoms in total. The van der Waals surface area contributed by atoms with Gasteiger partial charge in [-0.1, -0.05) is 50.0 Å². The van der Waals surface area contributed by atoms with Crippen LogP contribution in [0.1, 0.15) is 38.2 Å². The molecule has 0 bridgehead atoms. The van der Waals surface area contributed by atoms with E-state index in [0.29, 0.717) is 6.61 Å². The van der Waals surface area contributed by atoms with Crippen molar-refractivity contribution in [2.45, 2.75) is 32.6 Å². The fraction of sp³-hybridized carbons (Fsp3) is 0.353. The van der Waals surface area contributed by atoms with Gasteiger partial charge in [0.25, 0.3) is 0 Å². The molecule has 0 aliphatic carbocycles. The van der Waals surface area contributed by atoms with Gasteiger partial charge in [-0.3, -0.25) is 5.32 Å². The van der Waals surface area contributed by atoms with Crippen molar-refractivity contribution >= 4 is 18.1 Å². The molecule has 2 rings (SSSR count). The zero-order valence-corrected chi connectivity index (χ0v) is 13.7. The number of nitrogens with one attached hydrogen (secondary N) is 1. The normalized spacial score (nSPS) is 16.0. The van der Waals surface area contributed by atoms with E-state index >= 15 is 0 Å². The lowest BCUT2D eigenvalue weighted by atomic mass is 10.2. The first kappa shape index (κ1) is 17.5. The molecule has 0 unspecified atom stereocenters. The first-order valence-corrected chi connectivity index (χ1v) is 7.95. The predicted molar refractivity (Wildman–Crippen MR) is 93.6 cm³/mol. The minimum Gasteiger partial charge on any atom is -0.493 e. The lowest BCUT2D eigenvalue weighted by molar-refractivity contribution is 0.251. The van der Waals surface area contributed by atoms with Crippen molar-refractivity contribution in [3.05, 3.63) is 42.1 Å². The summed E-state index contributed by atoms with van der Waals surface area (Å²) in [4.78, 5) is 11.1. The van der Waals surface area contributed by atoms with Gasteiger partial charge in [-0.25, -0.2) is 4.79 Å². The van der Waals surface area contributed by atoms with Crippen molar-refractivity contribution in [3.63, 3.8) is 0 Å². The Morgan fingerprint density at radius 3 is 2.92 bits per heavy atom. The Hall–Kier alpha value is -2.83. The van der Waals surface area contributed by atoms with Gasteiger partial charge in [-0.2, -0.15) is 5.10 Å². The molecular formula is C17H21N5O2. The molecule has 2 amide bonds. The van der Waals surface area contributed by atoms with Crippen LogP contribution in [0.3, 0.4) is 0 Å². The van der Waals surface area contributed by atoms with E-state index in [4.69, 9.17) is 4.74 Å². The summed E-state index contributed by atoms with van der Waals surface area (Å²) in [5, 5.41) is 17.2. The average molecular weight is 327 g/mol. The third-order valence-corrected chi connectivity index (χ3v) is 3.29. The highest BCUT2D eigenvalue weighted by atomic mass is 16.5. The van der Waals surface area contributed by atoms with E-state index in [1.165, 1.54) is 12.8 Å². The summed E-state index contributed by atoms with van der Waals surface area (Å²) in [6.07, 6.45) is 6.18. The van der Waals surface area contributed by atoms with E-state index in [1.807, 2.05) is 24.3 Å². The third kappa shape index (κ3) is 5.42. The van der Waals surface area contributed by atoms with Crippen LogP contribution in [0.25, 0.3) is 0 Å². The summed E-state index contributed by atoms with van der Waals surface area (Å²) in [7, 11) is 0. The van der Waals surface area contributed by atoms with Crippen LogP contribution in [0.15, 0.2) is 57.0 Å². The number of amidine groups is 1. The Kier molecular flexibility index (Phi) is 6.82. The van der Waals surface area contributed by atoms with Gasteiger partial charge in [0.15, 0.2) is 5.84 Å². The van der Waals surface area contributed by atoms with Gasteiger partial charge in [0, 0.05) is 5.56 Å². The molecule has 0 saturated carbocycles. The molecule has 1 aliphatic heterocycles. The second-order valence-corrected chi connectivity index (χ2v) is 5.22. The summed E-state index contributed by atoms with van der Waals surface area (Å²) in [6, 6.07) is 7.00. The number of unbranched alkanes of at least 4 members (excludes halogenated alkanes) is 3. The number of amides is 2. The topological polar surface area (TPSA) is 87.8 Å². The lowest BCUT2D eigenvalue weighted by Crippen LogP contribution is -2.31. The first-order chi connectivity index (χ1) is 11.7. The summed E-state index contributed by atoms with van der Waals surface area (Å²) in [5.74, 6) is 0.938. The molecule has 24 heavy (non-hydrogen) atoms. The standard InChI is InChI=1S/C17H21N5O2/c1-3-4-5-8-11-24-15-10-7-6-9-14(15)12-18-21-16-13(2)20-22-17(23)19-16/h6-7,9-10,12H,2-5,8,11H2,1H3,(H,19,21,23)/b18-12+. The number of carbonyl (C=O) groups excluding carboxylic acids is 1. The maximum absolute atomic E-state index is 11.1. The van der Waals surface area contributed by atoms with Crippen molar-refractivity contribution in [1.82, 2.24) is 5.32 Å². The number of ether oxygens (including phenoxy) is 1. The maximum Gasteiger partial charge on any atom is 0.365 e. The van der Waals surface area contributed by atoms with Crippen LogP contribution in [-0.4, -0.2) is 24.7 Å². The van der Waals surface area contributed by atoms with Gasteiger partial charge in [-0.15, -0.1) is 10.2 Å². The number of hydrogen-bond donors (Lipinski definition) is 1. The van der Waals surface area contributed by atoms with Gasteiger partial charge < -0.3 is 4.74 Å². The molecule has 0 fully saturated rings. The van der Waals surface area contributed by atoms with Gasteiger partial charge in [0.2, 0.25) is 0 Å². The van der Waals surface area contributed by atoms with Crippen molar-refractivity contribution in [1.29, 1.82) is 0 Å². The predicted octanol–water partition coefficient (Wildman–Crippen LogP) is 4.07. The molecule has 0 saturated heterocycles. The van der Waals surface area contributed by atoms with Crippen molar-refractivity contribution < 1.29 is 9.53 Å². The van der Waals surface area contributed by atoms with Crippen molar-refractivity contribution in [2.24, 2.45) is 20.4 Å². The van der Waals surface area contributed by atoms with Crippen LogP contribution in [0.5, 0.6) is 5.75 Å². The summed E-state index contributed by atoms with van der Waals surface area (Å²) in [6.45, 7) is 6.49. The Morgan fingerprint density at radius 1 is 1.25 bits per heavy atom. The number of rotatable bonds is 8.